The van der Waals surface area contributed by atoms with Gasteiger partial charge in [0.15, 0.2) is 17.1 Å². The Morgan fingerprint density at radius 3 is 2.34 bits per heavy atom. The molecule has 7 heteroatoms. The van der Waals surface area contributed by atoms with Crippen molar-refractivity contribution in [3.8, 4) is 22.8 Å². The Labute approximate surface area is 216 Å². The first-order chi connectivity index (χ1) is 16.4. The van der Waals surface area contributed by atoms with Crippen molar-refractivity contribution in [3.63, 3.8) is 0 Å². The third-order valence-electron chi connectivity index (χ3n) is 5.18. The summed E-state index contributed by atoms with van der Waals surface area (Å²) in [7, 11) is 3.27. The summed E-state index contributed by atoms with van der Waals surface area (Å²) < 4.78 is 17.3. The number of furan rings is 1. The smallest absolute Gasteiger partial charge is 0.176 e. The number of allylic oxidation sites excluding steroid dienone is 2. The van der Waals surface area contributed by atoms with Gasteiger partial charge in [0.1, 0.15) is 11.3 Å². The number of para-hydroxylation sites is 1. The van der Waals surface area contributed by atoms with E-state index in [1.165, 1.54) is 19.9 Å². The molecule has 0 bridgehead atoms. The molecule has 5 aromatic rings. The van der Waals surface area contributed by atoms with E-state index in [1.807, 2.05) is 54.6 Å². The maximum Gasteiger partial charge on any atom is 0.176 e. The largest absolute Gasteiger partial charge is 0.512 e. The second kappa shape index (κ2) is 11.2. The summed E-state index contributed by atoms with van der Waals surface area (Å²) in [6.45, 7) is 2.85. The number of nitrogens with zero attached hydrogens (tertiary/aromatic N) is 1. The van der Waals surface area contributed by atoms with E-state index in [1.54, 1.807) is 14.2 Å². The number of ketones is 1. The van der Waals surface area contributed by atoms with Crippen molar-refractivity contribution in [1.82, 2.24) is 4.98 Å². The number of pyridine rings is 1. The summed E-state index contributed by atoms with van der Waals surface area (Å²) in [5.41, 5.74) is 3.96. The maximum atomic E-state index is 10.0. The van der Waals surface area contributed by atoms with E-state index in [-0.39, 0.29) is 31.6 Å². The number of fused-ring (bicyclic) bond motifs is 5. The monoisotopic (exact) mass is 647 g/mol. The molecule has 1 radical (unpaired) electrons. The molecule has 5 rings (SSSR count). The van der Waals surface area contributed by atoms with Crippen LogP contribution >= 0.6 is 0 Å². The van der Waals surface area contributed by atoms with Crippen molar-refractivity contribution in [1.29, 1.82) is 0 Å². The van der Waals surface area contributed by atoms with Gasteiger partial charge in [0.2, 0.25) is 0 Å². The van der Waals surface area contributed by atoms with Crippen LogP contribution in [0, 0.1) is 6.07 Å². The number of ether oxygens (including phenoxy) is 2. The summed E-state index contributed by atoms with van der Waals surface area (Å²) in [4.78, 5) is 14.9. The predicted molar refractivity (Wildman–Crippen MR) is 133 cm³/mol. The quantitative estimate of drug-likeness (QED) is 0.134. The third-order valence-corrected chi connectivity index (χ3v) is 5.18. The molecule has 0 unspecified atom stereocenters. The Morgan fingerprint density at radius 1 is 1.00 bits per heavy atom. The summed E-state index contributed by atoms with van der Waals surface area (Å²) in [6.07, 6.45) is 1.17. The molecule has 0 aliphatic carbocycles. The molecule has 0 aliphatic rings. The normalized spacial score (nSPS) is 11.0. The Bertz CT molecular complexity index is 1520. The van der Waals surface area contributed by atoms with Crippen LogP contribution in [0.5, 0.6) is 11.5 Å². The van der Waals surface area contributed by atoms with E-state index in [9.17, 15) is 4.79 Å². The van der Waals surface area contributed by atoms with E-state index in [2.05, 4.69) is 12.1 Å². The van der Waals surface area contributed by atoms with Gasteiger partial charge in [0.25, 0.3) is 0 Å². The first-order valence-corrected chi connectivity index (χ1v) is 10.6. The van der Waals surface area contributed by atoms with Crippen molar-refractivity contribution < 1.29 is 43.9 Å². The van der Waals surface area contributed by atoms with Gasteiger partial charge in [-0.1, -0.05) is 18.2 Å². The molecule has 0 fully saturated rings. The van der Waals surface area contributed by atoms with E-state index < -0.39 is 0 Å². The molecule has 2 aromatic heterocycles. The van der Waals surface area contributed by atoms with E-state index in [0.717, 1.165) is 44.3 Å². The van der Waals surface area contributed by atoms with Crippen molar-refractivity contribution in [2.75, 3.05) is 14.2 Å². The minimum atomic E-state index is -0.125. The third kappa shape index (κ3) is 5.37. The van der Waals surface area contributed by atoms with Gasteiger partial charge in [0, 0.05) is 54.1 Å². The van der Waals surface area contributed by atoms with Crippen LogP contribution in [0.15, 0.2) is 76.9 Å². The van der Waals surface area contributed by atoms with E-state index in [4.69, 9.17) is 24.0 Å². The molecule has 0 saturated heterocycles. The number of carbonyl (C=O) groups excluding carboxylic acids is 1. The van der Waals surface area contributed by atoms with Gasteiger partial charge >= 0.3 is 0 Å². The van der Waals surface area contributed by atoms with Crippen LogP contribution in [-0.2, 0) is 24.9 Å². The number of aliphatic hydroxyl groups is 1. The average molecular weight is 647 g/mol. The number of methoxy groups -OCH3 is 2. The zero-order chi connectivity index (χ0) is 24.2. The molecule has 0 aliphatic heterocycles. The maximum absolute atomic E-state index is 10.0. The first-order valence-electron chi connectivity index (χ1n) is 10.6. The van der Waals surface area contributed by atoms with Crippen LogP contribution in [0.4, 0.5) is 0 Å². The van der Waals surface area contributed by atoms with Crippen LogP contribution in [0.2, 0.25) is 0 Å². The fourth-order valence-electron chi connectivity index (χ4n) is 3.82. The van der Waals surface area contributed by atoms with Crippen molar-refractivity contribution >= 4 is 38.6 Å². The molecule has 1 N–H and O–H groups in total. The van der Waals surface area contributed by atoms with Gasteiger partial charge in [-0.15, -0.1) is 35.9 Å². The van der Waals surface area contributed by atoms with Crippen molar-refractivity contribution in [2.24, 2.45) is 0 Å². The minimum absolute atomic E-state index is 0. The number of benzene rings is 3. The molecular weight excluding hydrogens is 623 g/mol. The number of hydrogen-bond acceptors (Lipinski definition) is 6. The number of aromatic nitrogens is 1. The van der Waals surface area contributed by atoms with Gasteiger partial charge in [-0.3, -0.25) is 9.78 Å². The van der Waals surface area contributed by atoms with Crippen LogP contribution in [0.25, 0.3) is 44.1 Å². The number of carbonyl (C=O) groups is 1. The second-order valence-electron chi connectivity index (χ2n) is 7.66. The van der Waals surface area contributed by atoms with E-state index >= 15 is 0 Å². The van der Waals surface area contributed by atoms with Crippen LogP contribution in [0.1, 0.15) is 13.8 Å². The standard InChI is InChI=1S/C23H16NO3.C5H8O2.Ir/c1-25-15-12-17-20-16-10-6-7-11-18(16)24-21(14-8-4-3-5-9-14)23(20)27-22(17)19(13-15)26-2;1-4(6)3-5(2)7;/h3-8,10-13H,1-2H3;3,6H,1-2H3;/q-1;;/b;4-3-;. The molecule has 181 valence electrons. The van der Waals surface area contributed by atoms with Gasteiger partial charge in [-0.25, -0.2) is 0 Å². The Hall–Kier alpha value is -3.67. The van der Waals surface area contributed by atoms with Gasteiger partial charge in [0.05, 0.1) is 25.5 Å². The summed E-state index contributed by atoms with van der Waals surface area (Å²) in [6, 6.07) is 22.9. The van der Waals surface area contributed by atoms with Gasteiger partial charge in [-0.2, -0.15) is 0 Å². The molecule has 35 heavy (non-hydrogen) atoms. The Morgan fingerprint density at radius 2 is 1.74 bits per heavy atom. The first kappa shape index (κ1) is 25.9. The molecule has 6 nitrogen and oxygen atoms in total. The van der Waals surface area contributed by atoms with Crippen LogP contribution < -0.4 is 9.47 Å². The van der Waals surface area contributed by atoms with Gasteiger partial charge < -0.3 is 19.0 Å². The van der Waals surface area contributed by atoms with E-state index in [0.29, 0.717) is 11.3 Å². The zero-order valence-corrected chi connectivity index (χ0v) is 22.1. The summed E-state index contributed by atoms with van der Waals surface area (Å²) in [5, 5.41) is 11.3. The second-order valence-corrected chi connectivity index (χ2v) is 7.66. The van der Waals surface area contributed by atoms with Crippen LogP contribution in [-0.4, -0.2) is 30.1 Å². The SMILES string of the molecule is CC(=O)/C=C(/C)O.COc1cc(OC)c2oc3c(-c4[c-]cccc4)nc4ccccc4c3c2c1.[Ir]. The number of hydrogen-bond donors (Lipinski definition) is 1. The zero-order valence-electron chi connectivity index (χ0n) is 19.7. The fourth-order valence-corrected chi connectivity index (χ4v) is 3.82. The average Bonchev–Trinajstić information content (AvgIpc) is 3.23. The molecule has 0 amide bonds. The topological polar surface area (TPSA) is 81.8 Å². The Balaban J connectivity index is 0.000000378. The predicted octanol–water partition coefficient (Wildman–Crippen LogP) is 6.65. The molecule has 0 spiro atoms. The Kier molecular flexibility index (Phi) is 8.28. The van der Waals surface area contributed by atoms with Gasteiger partial charge in [-0.05, 0) is 26.0 Å². The summed E-state index contributed by atoms with van der Waals surface area (Å²) >= 11 is 0. The molecular formula is C28H24IrNO5-. The fraction of sp³-hybridized carbons (Fsp3) is 0.143. The molecule has 0 saturated carbocycles. The minimum Gasteiger partial charge on any atom is -0.512 e. The van der Waals surface area contributed by atoms with Crippen molar-refractivity contribution in [3.05, 3.63) is 78.6 Å². The number of rotatable bonds is 4. The molecule has 3 aromatic carbocycles. The van der Waals surface area contributed by atoms with Crippen molar-refractivity contribution in [2.45, 2.75) is 13.8 Å². The molecule has 0 atom stereocenters. The summed E-state index contributed by atoms with van der Waals surface area (Å²) in [5.74, 6) is 1.29. The van der Waals surface area contributed by atoms with Crippen LogP contribution in [0.3, 0.4) is 0 Å². The molecule has 2 heterocycles. The number of aliphatic hydroxyl groups excluding tert-OH is 1.